The predicted molar refractivity (Wildman–Crippen MR) is 76.5 cm³/mol. The van der Waals surface area contributed by atoms with E-state index in [0.29, 0.717) is 0 Å². The molecule has 0 saturated heterocycles. The van der Waals surface area contributed by atoms with E-state index in [4.69, 9.17) is 5.11 Å². The molecule has 0 aromatic heterocycles. The van der Waals surface area contributed by atoms with Gasteiger partial charge in [-0.3, -0.25) is 5.32 Å². The quantitative estimate of drug-likeness (QED) is 0.174. The SMILES string of the molecule is C=CC(=C)NCCSSCCNC(O)C=C. The van der Waals surface area contributed by atoms with Crippen LogP contribution in [0.5, 0.6) is 0 Å². The van der Waals surface area contributed by atoms with Gasteiger partial charge in [0.05, 0.1) is 0 Å². The lowest BCUT2D eigenvalue weighted by molar-refractivity contribution is 0.188. The maximum atomic E-state index is 9.11. The minimum atomic E-state index is -0.594. The van der Waals surface area contributed by atoms with Gasteiger partial charge in [0.2, 0.25) is 0 Å². The third-order valence-electron chi connectivity index (χ3n) is 1.63. The van der Waals surface area contributed by atoms with Gasteiger partial charge in [-0.05, 0) is 12.2 Å². The number of rotatable bonds is 11. The van der Waals surface area contributed by atoms with Crippen molar-refractivity contribution in [3.8, 4) is 0 Å². The van der Waals surface area contributed by atoms with Crippen LogP contribution in [-0.2, 0) is 0 Å². The Bertz CT molecular complexity index is 222. The number of hydrogen-bond donors (Lipinski definition) is 3. The Balaban J connectivity index is 3.12. The number of allylic oxidation sites excluding steroid dienone is 1. The van der Waals surface area contributed by atoms with E-state index < -0.39 is 6.23 Å². The standard InChI is InChI=1S/C11H20N2OS2/c1-4-10(3)12-6-8-15-16-9-7-13-11(14)5-2/h4-5,11-14H,1-3,6-9H2. The van der Waals surface area contributed by atoms with Crippen LogP contribution in [0.4, 0.5) is 0 Å². The van der Waals surface area contributed by atoms with Crippen LogP contribution in [0.25, 0.3) is 0 Å². The molecule has 5 heteroatoms. The summed E-state index contributed by atoms with van der Waals surface area (Å²) in [7, 11) is 3.57. The third kappa shape index (κ3) is 10.2. The van der Waals surface area contributed by atoms with E-state index in [0.717, 1.165) is 30.3 Å². The average Bonchev–Trinajstić information content (AvgIpc) is 2.31. The summed E-state index contributed by atoms with van der Waals surface area (Å²) in [4.78, 5) is 0. The summed E-state index contributed by atoms with van der Waals surface area (Å²) in [5, 5.41) is 15.2. The molecule has 0 bridgehead atoms. The maximum Gasteiger partial charge on any atom is 0.123 e. The molecule has 0 heterocycles. The van der Waals surface area contributed by atoms with Gasteiger partial charge in [0, 0.05) is 30.3 Å². The molecule has 0 radical (unpaired) electrons. The van der Waals surface area contributed by atoms with Gasteiger partial charge >= 0.3 is 0 Å². The van der Waals surface area contributed by atoms with Crippen molar-refractivity contribution >= 4 is 21.6 Å². The molecule has 1 unspecified atom stereocenters. The lowest BCUT2D eigenvalue weighted by Crippen LogP contribution is -2.28. The molecule has 0 fully saturated rings. The van der Waals surface area contributed by atoms with E-state index in [9.17, 15) is 0 Å². The van der Waals surface area contributed by atoms with Gasteiger partial charge in [0.1, 0.15) is 6.23 Å². The molecule has 0 amide bonds. The Kier molecular flexibility index (Phi) is 10.9. The fourth-order valence-corrected chi connectivity index (χ4v) is 2.60. The molecule has 3 nitrogen and oxygen atoms in total. The van der Waals surface area contributed by atoms with Crippen molar-refractivity contribution in [3.63, 3.8) is 0 Å². The summed E-state index contributed by atoms with van der Waals surface area (Å²) in [5.41, 5.74) is 0.862. The highest BCUT2D eigenvalue weighted by atomic mass is 33.1. The summed E-state index contributed by atoms with van der Waals surface area (Å²) < 4.78 is 0. The molecule has 3 N–H and O–H groups in total. The molecular weight excluding hydrogens is 240 g/mol. The Morgan fingerprint density at radius 1 is 1.25 bits per heavy atom. The molecular formula is C11H20N2OS2. The Hall–Kier alpha value is -0.360. The topological polar surface area (TPSA) is 44.3 Å². The van der Waals surface area contributed by atoms with Crippen LogP contribution in [0.2, 0.25) is 0 Å². The van der Waals surface area contributed by atoms with Gasteiger partial charge in [0.25, 0.3) is 0 Å². The van der Waals surface area contributed by atoms with Crippen LogP contribution in [0.3, 0.4) is 0 Å². The number of hydrogen-bond acceptors (Lipinski definition) is 5. The van der Waals surface area contributed by atoms with Crippen LogP contribution < -0.4 is 10.6 Å². The molecule has 0 aromatic carbocycles. The van der Waals surface area contributed by atoms with Crippen LogP contribution >= 0.6 is 21.6 Å². The van der Waals surface area contributed by atoms with E-state index in [-0.39, 0.29) is 0 Å². The number of aliphatic hydroxyl groups is 1. The molecule has 0 aliphatic rings. The van der Waals surface area contributed by atoms with E-state index in [1.807, 2.05) is 0 Å². The Labute approximate surface area is 106 Å². The van der Waals surface area contributed by atoms with E-state index >= 15 is 0 Å². The van der Waals surface area contributed by atoms with Gasteiger partial charge in [0.15, 0.2) is 0 Å². The summed E-state index contributed by atoms with van der Waals surface area (Å²) >= 11 is 0. The van der Waals surface area contributed by atoms with E-state index in [1.54, 1.807) is 27.7 Å². The lowest BCUT2D eigenvalue weighted by atomic mass is 10.5. The zero-order valence-corrected chi connectivity index (χ0v) is 11.1. The van der Waals surface area contributed by atoms with E-state index in [1.165, 1.54) is 6.08 Å². The number of aliphatic hydroxyl groups excluding tert-OH is 1. The summed E-state index contributed by atoms with van der Waals surface area (Å²) in [6, 6.07) is 0. The van der Waals surface area contributed by atoms with Crippen molar-refractivity contribution < 1.29 is 5.11 Å². The van der Waals surface area contributed by atoms with Crippen LogP contribution in [0.1, 0.15) is 0 Å². The summed E-state index contributed by atoms with van der Waals surface area (Å²) in [6.07, 6.45) is 2.59. The van der Waals surface area contributed by atoms with Gasteiger partial charge in [-0.25, -0.2) is 0 Å². The lowest BCUT2D eigenvalue weighted by Gasteiger charge is -2.07. The molecule has 0 saturated carbocycles. The van der Waals surface area contributed by atoms with Crippen molar-refractivity contribution in [3.05, 3.63) is 37.6 Å². The smallest absolute Gasteiger partial charge is 0.123 e. The molecule has 92 valence electrons. The third-order valence-corrected chi connectivity index (χ3v) is 4.04. The molecule has 0 aliphatic carbocycles. The summed E-state index contributed by atoms with van der Waals surface area (Å²) in [6.45, 7) is 12.5. The molecule has 0 rings (SSSR count). The van der Waals surface area contributed by atoms with Gasteiger partial charge in [-0.15, -0.1) is 0 Å². The van der Waals surface area contributed by atoms with Gasteiger partial charge < -0.3 is 10.4 Å². The fraction of sp³-hybridized carbons (Fsp3) is 0.455. The first-order valence-corrected chi connectivity index (χ1v) is 7.53. The minimum Gasteiger partial charge on any atom is -0.385 e. The second-order valence-electron chi connectivity index (χ2n) is 2.93. The van der Waals surface area contributed by atoms with Crippen LogP contribution in [0.15, 0.2) is 37.6 Å². The highest BCUT2D eigenvalue weighted by Crippen LogP contribution is 2.19. The second kappa shape index (κ2) is 11.1. The molecule has 0 aliphatic heterocycles. The van der Waals surface area contributed by atoms with Crippen LogP contribution in [0, 0.1) is 0 Å². The fourth-order valence-electron chi connectivity index (χ4n) is 0.775. The Morgan fingerprint density at radius 2 is 1.88 bits per heavy atom. The maximum absolute atomic E-state index is 9.11. The monoisotopic (exact) mass is 260 g/mol. The highest BCUT2D eigenvalue weighted by molar-refractivity contribution is 8.76. The normalized spacial score (nSPS) is 11.8. The zero-order chi connectivity index (χ0) is 12.2. The molecule has 16 heavy (non-hydrogen) atoms. The molecule has 1 atom stereocenters. The van der Waals surface area contributed by atoms with E-state index in [2.05, 4.69) is 30.4 Å². The highest BCUT2D eigenvalue weighted by Gasteiger charge is 1.95. The first kappa shape index (κ1) is 15.6. The van der Waals surface area contributed by atoms with Gasteiger partial charge in [-0.1, -0.05) is 41.3 Å². The summed E-state index contributed by atoms with van der Waals surface area (Å²) in [5.74, 6) is 1.97. The van der Waals surface area contributed by atoms with Crippen molar-refractivity contribution in [2.24, 2.45) is 0 Å². The van der Waals surface area contributed by atoms with Gasteiger partial charge in [-0.2, -0.15) is 0 Å². The van der Waals surface area contributed by atoms with Crippen molar-refractivity contribution in [1.29, 1.82) is 0 Å². The molecule has 0 aromatic rings. The molecule has 0 spiro atoms. The van der Waals surface area contributed by atoms with Crippen molar-refractivity contribution in [1.82, 2.24) is 10.6 Å². The van der Waals surface area contributed by atoms with Crippen LogP contribution in [-0.4, -0.2) is 35.9 Å². The first-order valence-electron chi connectivity index (χ1n) is 5.04. The van der Waals surface area contributed by atoms with Crippen molar-refractivity contribution in [2.75, 3.05) is 24.6 Å². The number of nitrogens with one attached hydrogen (secondary N) is 2. The Morgan fingerprint density at radius 3 is 2.44 bits per heavy atom. The van der Waals surface area contributed by atoms with Crippen molar-refractivity contribution in [2.45, 2.75) is 6.23 Å². The largest absolute Gasteiger partial charge is 0.385 e. The first-order chi connectivity index (χ1) is 7.70. The minimum absolute atomic E-state index is 0.594. The predicted octanol–water partition coefficient (Wildman–Crippen LogP) is 1.75. The second-order valence-corrected chi connectivity index (χ2v) is 5.64. The zero-order valence-electron chi connectivity index (χ0n) is 9.45. The average molecular weight is 260 g/mol.